The van der Waals surface area contributed by atoms with Crippen molar-refractivity contribution in [1.82, 2.24) is 19.7 Å². The Morgan fingerprint density at radius 2 is 2.10 bits per heavy atom. The molecular weight excluding hydrogens is 268 g/mol. The molecule has 0 aliphatic rings. The van der Waals surface area contributed by atoms with Crippen molar-refractivity contribution in [1.29, 1.82) is 0 Å². The SMILES string of the molecule is Cc1cccc(Cn2c(-c3ccccn3)n[nH]c2=S)c1. The van der Waals surface area contributed by atoms with E-state index in [1.807, 2.05) is 22.8 Å². The van der Waals surface area contributed by atoms with Gasteiger partial charge in [0.15, 0.2) is 10.6 Å². The molecule has 4 nitrogen and oxygen atoms in total. The van der Waals surface area contributed by atoms with Crippen LogP contribution < -0.4 is 0 Å². The number of hydrogen-bond donors (Lipinski definition) is 1. The maximum atomic E-state index is 5.32. The summed E-state index contributed by atoms with van der Waals surface area (Å²) >= 11 is 5.32. The van der Waals surface area contributed by atoms with Crippen LogP contribution in [0.5, 0.6) is 0 Å². The Hall–Kier alpha value is -2.27. The lowest BCUT2D eigenvalue weighted by Crippen LogP contribution is -2.03. The van der Waals surface area contributed by atoms with Crippen molar-refractivity contribution in [2.24, 2.45) is 0 Å². The number of nitrogens with one attached hydrogen (secondary N) is 1. The van der Waals surface area contributed by atoms with Gasteiger partial charge in [-0.25, -0.2) is 0 Å². The molecule has 100 valence electrons. The first-order valence-electron chi connectivity index (χ1n) is 6.36. The molecule has 3 aromatic rings. The van der Waals surface area contributed by atoms with E-state index in [-0.39, 0.29) is 0 Å². The fraction of sp³-hybridized carbons (Fsp3) is 0.133. The Morgan fingerprint density at radius 3 is 2.85 bits per heavy atom. The average molecular weight is 282 g/mol. The standard InChI is InChI=1S/C15H14N4S/c1-11-5-4-6-12(9-11)10-19-14(17-18-15(19)20)13-7-2-3-8-16-13/h2-9H,10H2,1H3,(H,18,20). The molecule has 1 aromatic carbocycles. The highest BCUT2D eigenvalue weighted by Gasteiger charge is 2.10. The van der Waals surface area contributed by atoms with Gasteiger partial charge in [0.25, 0.3) is 0 Å². The Kier molecular flexibility index (Phi) is 3.43. The zero-order chi connectivity index (χ0) is 13.9. The summed E-state index contributed by atoms with van der Waals surface area (Å²) in [5, 5.41) is 7.13. The van der Waals surface area contributed by atoms with Crippen LogP contribution in [0.2, 0.25) is 0 Å². The molecule has 0 saturated heterocycles. The number of nitrogens with zero attached hydrogens (tertiary/aromatic N) is 3. The van der Waals surface area contributed by atoms with Gasteiger partial charge >= 0.3 is 0 Å². The Labute approximate surface area is 122 Å². The van der Waals surface area contributed by atoms with Gasteiger partial charge in [-0.1, -0.05) is 35.9 Å². The lowest BCUT2D eigenvalue weighted by molar-refractivity contribution is 0.787. The van der Waals surface area contributed by atoms with E-state index in [1.165, 1.54) is 11.1 Å². The quantitative estimate of drug-likeness (QED) is 0.749. The highest BCUT2D eigenvalue weighted by atomic mass is 32.1. The van der Waals surface area contributed by atoms with E-state index in [4.69, 9.17) is 12.2 Å². The largest absolute Gasteiger partial charge is 0.294 e. The number of aryl methyl sites for hydroxylation is 1. The molecule has 0 aliphatic heterocycles. The number of benzene rings is 1. The van der Waals surface area contributed by atoms with E-state index < -0.39 is 0 Å². The van der Waals surface area contributed by atoms with Crippen molar-refractivity contribution in [2.75, 3.05) is 0 Å². The molecule has 3 rings (SSSR count). The highest BCUT2D eigenvalue weighted by molar-refractivity contribution is 7.71. The van der Waals surface area contributed by atoms with Crippen molar-refractivity contribution in [3.63, 3.8) is 0 Å². The maximum Gasteiger partial charge on any atom is 0.195 e. The number of H-pyrrole nitrogens is 1. The topological polar surface area (TPSA) is 46.5 Å². The molecule has 0 unspecified atom stereocenters. The Bertz CT molecular complexity index is 774. The summed E-state index contributed by atoms with van der Waals surface area (Å²) in [4.78, 5) is 4.33. The average Bonchev–Trinajstić information content (AvgIpc) is 2.81. The predicted molar refractivity (Wildman–Crippen MR) is 80.9 cm³/mol. The molecule has 0 saturated carbocycles. The molecule has 0 aliphatic carbocycles. The fourth-order valence-electron chi connectivity index (χ4n) is 2.15. The maximum absolute atomic E-state index is 5.32. The number of rotatable bonds is 3. The first-order chi connectivity index (χ1) is 9.74. The van der Waals surface area contributed by atoms with Crippen molar-refractivity contribution in [3.8, 4) is 11.5 Å². The van der Waals surface area contributed by atoms with Gasteiger partial charge in [0.2, 0.25) is 0 Å². The molecule has 20 heavy (non-hydrogen) atoms. The number of aromatic nitrogens is 4. The molecule has 1 N–H and O–H groups in total. The monoisotopic (exact) mass is 282 g/mol. The van der Waals surface area contributed by atoms with E-state index in [9.17, 15) is 0 Å². The number of hydrogen-bond acceptors (Lipinski definition) is 3. The third kappa shape index (κ3) is 2.53. The number of pyridine rings is 1. The highest BCUT2D eigenvalue weighted by Crippen LogP contribution is 2.16. The lowest BCUT2D eigenvalue weighted by atomic mass is 10.1. The summed E-state index contributed by atoms with van der Waals surface area (Å²) in [6.45, 7) is 2.76. The van der Waals surface area contributed by atoms with Crippen molar-refractivity contribution in [3.05, 3.63) is 64.6 Å². The Balaban J connectivity index is 2.02. The smallest absolute Gasteiger partial charge is 0.195 e. The molecule has 2 aromatic heterocycles. The Morgan fingerprint density at radius 1 is 1.20 bits per heavy atom. The van der Waals surface area contributed by atoms with Crippen LogP contribution in [0, 0.1) is 11.7 Å². The van der Waals surface area contributed by atoms with Gasteiger partial charge in [0, 0.05) is 6.20 Å². The van der Waals surface area contributed by atoms with E-state index >= 15 is 0 Å². The van der Waals surface area contributed by atoms with Crippen LogP contribution in [0.3, 0.4) is 0 Å². The van der Waals surface area contributed by atoms with E-state index in [2.05, 4.69) is 46.4 Å². The summed E-state index contributed by atoms with van der Waals surface area (Å²) in [5.41, 5.74) is 3.24. The third-order valence-electron chi connectivity index (χ3n) is 3.08. The third-order valence-corrected chi connectivity index (χ3v) is 3.39. The minimum absolute atomic E-state index is 0.604. The van der Waals surface area contributed by atoms with Crippen LogP contribution in [0.15, 0.2) is 48.7 Å². The minimum Gasteiger partial charge on any atom is -0.294 e. The van der Waals surface area contributed by atoms with Crippen LogP contribution in [0.1, 0.15) is 11.1 Å². The zero-order valence-corrected chi connectivity index (χ0v) is 11.9. The van der Waals surface area contributed by atoms with E-state index in [0.29, 0.717) is 11.3 Å². The van der Waals surface area contributed by atoms with E-state index in [1.54, 1.807) is 6.20 Å². The van der Waals surface area contributed by atoms with Gasteiger partial charge in [-0.3, -0.25) is 14.6 Å². The lowest BCUT2D eigenvalue weighted by Gasteiger charge is -2.07. The summed E-state index contributed by atoms with van der Waals surface area (Å²) in [6, 6.07) is 14.1. The summed E-state index contributed by atoms with van der Waals surface area (Å²) in [5.74, 6) is 0.761. The van der Waals surface area contributed by atoms with Crippen LogP contribution in [0.25, 0.3) is 11.5 Å². The van der Waals surface area contributed by atoms with Crippen molar-refractivity contribution >= 4 is 12.2 Å². The van der Waals surface area contributed by atoms with Crippen LogP contribution in [0.4, 0.5) is 0 Å². The van der Waals surface area contributed by atoms with Crippen LogP contribution >= 0.6 is 12.2 Å². The van der Waals surface area contributed by atoms with Gasteiger partial charge in [0.1, 0.15) is 5.69 Å². The molecule has 5 heteroatoms. The second-order valence-electron chi connectivity index (χ2n) is 4.64. The van der Waals surface area contributed by atoms with Gasteiger partial charge in [-0.05, 0) is 36.8 Å². The summed E-state index contributed by atoms with van der Waals surface area (Å²) < 4.78 is 2.57. The molecule has 0 atom stereocenters. The number of aromatic amines is 1. The molecular formula is C15H14N4S. The van der Waals surface area contributed by atoms with Gasteiger partial charge in [-0.15, -0.1) is 0 Å². The van der Waals surface area contributed by atoms with Crippen molar-refractivity contribution in [2.45, 2.75) is 13.5 Å². The predicted octanol–water partition coefficient (Wildman–Crippen LogP) is 3.36. The van der Waals surface area contributed by atoms with Gasteiger partial charge in [-0.2, -0.15) is 5.10 Å². The summed E-state index contributed by atoms with van der Waals surface area (Å²) in [6.07, 6.45) is 1.75. The van der Waals surface area contributed by atoms with Crippen molar-refractivity contribution < 1.29 is 0 Å². The van der Waals surface area contributed by atoms with Gasteiger partial charge < -0.3 is 0 Å². The second kappa shape index (κ2) is 5.38. The zero-order valence-electron chi connectivity index (χ0n) is 11.1. The minimum atomic E-state index is 0.604. The van der Waals surface area contributed by atoms with E-state index in [0.717, 1.165) is 11.5 Å². The molecule has 0 fully saturated rings. The van der Waals surface area contributed by atoms with Crippen LogP contribution in [-0.2, 0) is 6.54 Å². The molecule has 0 amide bonds. The van der Waals surface area contributed by atoms with Crippen LogP contribution in [-0.4, -0.2) is 19.7 Å². The molecule has 0 radical (unpaired) electrons. The first-order valence-corrected chi connectivity index (χ1v) is 6.77. The fourth-order valence-corrected chi connectivity index (χ4v) is 2.34. The second-order valence-corrected chi connectivity index (χ2v) is 5.03. The summed E-state index contributed by atoms with van der Waals surface area (Å²) in [7, 11) is 0. The molecule has 2 heterocycles. The first kappa shape index (κ1) is 12.7. The normalized spacial score (nSPS) is 10.7. The molecule has 0 spiro atoms. The molecule has 0 bridgehead atoms. The van der Waals surface area contributed by atoms with Gasteiger partial charge in [0.05, 0.1) is 6.54 Å².